The molecule has 2 rings (SSSR count). The second kappa shape index (κ2) is 6.09. The maximum absolute atomic E-state index is 12.6. The maximum atomic E-state index is 12.6. The van der Waals surface area contributed by atoms with Gasteiger partial charge in [0.25, 0.3) is 0 Å². The van der Waals surface area contributed by atoms with Crippen LogP contribution in [0.15, 0.2) is 40.9 Å². The summed E-state index contributed by atoms with van der Waals surface area (Å²) in [5.74, 6) is 1.12. The highest BCUT2D eigenvalue weighted by molar-refractivity contribution is 9.10. The highest BCUT2D eigenvalue weighted by Gasteiger charge is 2.15. The smallest absolute Gasteiger partial charge is 0.193 e. The summed E-state index contributed by atoms with van der Waals surface area (Å²) in [6.45, 7) is 1.92. The van der Waals surface area contributed by atoms with Gasteiger partial charge in [0.15, 0.2) is 17.3 Å². The SMILES string of the molecule is COc1ccc(C(=O)c2cc(Br)ccc2C)cc1OC. The highest BCUT2D eigenvalue weighted by Crippen LogP contribution is 2.29. The van der Waals surface area contributed by atoms with E-state index in [1.165, 1.54) is 0 Å². The summed E-state index contributed by atoms with van der Waals surface area (Å²) < 4.78 is 11.3. The molecular weight excluding hydrogens is 320 g/mol. The Morgan fingerprint density at radius 1 is 1.00 bits per heavy atom. The number of aryl methyl sites for hydroxylation is 1. The lowest BCUT2D eigenvalue weighted by molar-refractivity contribution is 0.103. The van der Waals surface area contributed by atoms with Crippen molar-refractivity contribution in [2.24, 2.45) is 0 Å². The number of rotatable bonds is 4. The van der Waals surface area contributed by atoms with Gasteiger partial charge in [0.2, 0.25) is 0 Å². The Balaban J connectivity index is 2.45. The molecule has 0 bridgehead atoms. The number of hydrogen-bond donors (Lipinski definition) is 0. The van der Waals surface area contributed by atoms with Gasteiger partial charge in [-0.2, -0.15) is 0 Å². The van der Waals surface area contributed by atoms with Crippen LogP contribution >= 0.6 is 15.9 Å². The quantitative estimate of drug-likeness (QED) is 0.792. The average molecular weight is 335 g/mol. The third kappa shape index (κ3) is 2.85. The van der Waals surface area contributed by atoms with Crippen molar-refractivity contribution in [2.45, 2.75) is 6.92 Å². The number of carbonyl (C=O) groups is 1. The molecule has 0 saturated carbocycles. The summed E-state index contributed by atoms with van der Waals surface area (Å²) in [7, 11) is 3.12. The number of halogens is 1. The van der Waals surface area contributed by atoms with Crippen LogP contribution < -0.4 is 9.47 Å². The van der Waals surface area contributed by atoms with E-state index in [0.717, 1.165) is 10.0 Å². The fourth-order valence-electron chi connectivity index (χ4n) is 1.97. The molecule has 0 saturated heterocycles. The summed E-state index contributed by atoms with van der Waals surface area (Å²) in [6, 6.07) is 10.8. The largest absolute Gasteiger partial charge is 0.493 e. The zero-order chi connectivity index (χ0) is 14.7. The van der Waals surface area contributed by atoms with Gasteiger partial charge in [-0.25, -0.2) is 0 Å². The van der Waals surface area contributed by atoms with E-state index in [1.54, 1.807) is 32.4 Å². The molecule has 0 aromatic heterocycles. The van der Waals surface area contributed by atoms with Crippen molar-refractivity contribution in [2.75, 3.05) is 14.2 Å². The van der Waals surface area contributed by atoms with Crippen LogP contribution in [0.1, 0.15) is 21.5 Å². The van der Waals surface area contributed by atoms with E-state index in [0.29, 0.717) is 22.6 Å². The lowest BCUT2D eigenvalue weighted by Crippen LogP contribution is -2.04. The van der Waals surface area contributed by atoms with Gasteiger partial charge >= 0.3 is 0 Å². The van der Waals surface area contributed by atoms with E-state index < -0.39 is 0 Å². The fourth-order valence-corrected chi connectivity index (χ4v) is 2.33. The van der Waals surface area contributed by atoms with Crippen LogP contribution in [0, 0.1) is 6.92 Å². The topological polar surface area (TPSA) is 35.5 Å². The zero-order valence-corrected chi connectivity index (χ0v) is 13.2. The second-order valence-electron chi connectivity index (χ2n) is 4.36. The molecule has 0 heterocycles. The molecule has 0 fully saturated rings. The molecule has 4 heteroatoms. The Bertz CT molecular complexity index is 650. The molecule has 2 aromatic carbocycles. The standard InChI is InChI=1S/C16H15BrO3/c1-10-4-6-12(17)9-13(10)16(18)11-5-7-14(19-2)15(8-11)20-3/h4-9H,1-3H3. The van der Waals surface area contributed by atoms with Gasteiger partial charge in [-0.1, -0.05) is 22.0 Å². The first-order valence-corrected chi connectivity index (χ1v) is 6.89. The summed E-state index contributed by atoms with van der Waals surface area (Å²) >= 11 is 3.39. The van der Waals surface area contributed by atoms with Crippen LogP contribution in [0.5, 0.6) is 11.5 Å². The summed E-state index contributed by atoms with van der Waals surface area (Å²) in [4.78, 5) is 12.6. The molecule has 0 aliphatic heterocycles. The molecule has 104 valence electrons. The van der Waals surface area contributed by atoms with Crippen molar-refractivity contribution in [3.8, 4) is 11.5 Å². The molecule has 0 aliphatic rings. The van der Waals surface area contributed by atoms with Crippen LogP contribution in [0.4, 0.5) is 0 Å². The van der Waals surface area contributed by atoms with Crippen LogP contribution in [-0.2, 0) is 0 Å². The Morgan fingerprint density at radius 2 is 1.70 bits per heavy atom. The van der Waals surface area contributed by atoms with Crippen molar-refractivity contribution in [1.29, 1.82) is 0 Å². The van der Waals surface area contributed by atoms with Crippen molar-refractivity contribution >= 4 is 21.7 Å². The van der Waals surface area contributed by atoms with Gasteiger partial charge < -0.3 is 9.47 Å². The number of carbonyl (C=O) groups excluding carboxylic acids is 1. The molecular formula is C16H15BrO3. The average Bonchev–Trinajstić information content (AvgIpc) is 2.48. The Morgan fingerprint density at radius 3 is 2.35 bits per heavy atom. The Kier molecular flexibility index (Phi) is 4.45. The number of methoxy groups -OCH3 is 2. The van der Waals surface area contributed by atoms with E-state index >= 15 is 0 Å². The molecule has 0 aliphatic carbocycles. The molecule has 0 amide bonds. The minimum atomic E-state index is -0.0373. The monoisotopic (exact) mass is 334 g/mol. The predicted molar refractivity (Wildman–Crippen MR) is 81.9 cm³/mol. The molecule has 0 N–H and O–H groups in total. The van der Waals surface area contributed by atoms with E-state index in [9.17, 15) is 4.79 Å². The second-order valence-corrected chi connectivity index (χ2v) is 5.27. The number of ether oxygens (including phenoxy) is 2. The van der Waals surface area contributed by atoms with Gasteiger partial charge in [0.1, 0.15) is 0 Å². The maximum Gasteiger partial charge on any atom is 0.193 e. The third-order valence-corrected chi connectivity index (χ3v) is 3.58. The summed E-state index contributed by atoms with van der Waals surface area (Å²) in [5, 5.41) is 0. The Labute approximate surface area is 126 Å². The molecule has 0 spiro atoms. The predicted octanol–water partition coefficient (Wildman–Crippen LogP) is 4.01. The van der Waals surface area contributed by atoms with Crippen LogP contribution in [0.25, 0.3) is 0 Å². The Hall–Kier alpha value is -1.81. The molecule has 3 nitrogen and oxygen atoms in total. The van der Waals surface area contributed by atoms with Crippen LogP contribution in [0.2, 0.25) is 0 Å². The van der Waals surface area contributed by atoms with Gasteiger partial charge in [-0.3, -0.25) is 4.79 Å². The number of ketones is 1. The lowest BCUT2D eigenvalue weighted by atomic mass is 9.99. The van der Waals surface area contributed by atoms with E-state index in [-0.39, 0.29) is 5.78 Å². The van der Waals surface area contributed by atoms with Crippen molar-refractivity contribution in [3.63, 3.8) is 0 Å². The van der Waals surface area contributed by atoms with Gasteiger partial charge in [0.05, 0.1) is 14.2 Å². The van der Waals surface area contributed by atoms with Crippen molar-refractivity contribution in [1.82, 2.24) is 0 Å². The van der Waals surface area contributed by atoms with Crippen LogP contribution in [0.3, 0.4) is 0 Å². The number of benzene rings is 2. The van der Waals surface area contributed by atoms with E-state index in [1.807, 2.05) is 25.1 Å². The lowest BCUT2D eigenvalue weighted by Gasteiger charge is -2.10. The normalized spacial score (nSPS) is 10.2. The van der Waals surface area contributed by atoms with Gasteiger partial charge in [-0.05, 0) is 42.8 Å². The molecule has 0 unspecified atom stereocenters. The first-order valence-electron chi connectivity index (χ1n) is 6.09. The van der Waals surface area contributed by atoms with E-state index in [4.69, 9.17) is 9.47 Å². The van der Waals surface area contributed by atoms with Gasteiger partial charge in [0, 0.05) is 15.6 Å². The van der Waals surface area contributed by atoms with E-state index in [2.05, 4.69) is 15.9 Å². The van der Waals surface area contributed by atoms with Crippen LogP contribution in [-0.4, -0.2) is 20.0 Å². The first kappa shape index (κ1) is 14.6. The molecule has 20 heavy (non-hydrogen) atoms. The summed E-state index contributed by atoms with van der Waals surface area (Å²) in [5.41, 5.74) is 2.18. The fraction of sp³-hybridized carbons (Fsp3) is 0.188. The van der Waals surface area contributed by atoms with Crippen molar-refractivity contribution < 1.29 is 14.3 Å². The zero-order valence-electron chi connectivity index (χ0n) is 11.6. The van der Waals surface area contributed by atoms with Crippen molar-refractivity contribution in [3.05, 3.63) is 57.6 Å². The summed E-state index contributed by atoms with van der Waals surface area (Å²) in [6.07, 6.45) is 0. The minimum Gasteiger partial charge on any atom is -0.493 e. The molecule has 0 radical (unpaired) electrons. The highest BCUT2D eigenvalue weighted by atomic mass is 79.9. The van der Waals surface area contributed by atoms with Gasteiger partial charge in [-0.15, -0.1) is 0 Å². The number of hydrogen-bond acceptors (Lipinski definition) is 3. The first-order chi connectivity index (χ1) is 9.56. The minimum absolute atomic E-state index is 0.0373. The third-order valence-electron chi connectivity index (χ3n) is 3.09. The molecule has 0 atom stereocenters. The molecule has 2 aromatic rings.